The molecule has 7 heteroatoms. The number of hydrogen-bond donors (Lipinski definition) is 1. The molecule has 6 nitrogen and oxygen atoms in total. The van der Waals surface area contributed by atoms with Gasteiger partial charge >= 0.3 is 0 Å². The highest BCUT2D eigenvalue weighted by Gasteiger charge is 2.30. The van der Waals surface area contributed by atoms with Gasteiger partial charge in [0, 0.05) is 35.8 Å². The minimum Gasteiger partial charge on any atom is -0.382 e. The fourth-order valence-corrected chi connectivity index (χ4v) is 2.76. The molecular formula is C17H19ClN4O2. The first-order valence-electron chi connectivity index (χ1n) is 7.86. The van der Waals surface area contributed by atoms with Crippen molar-refractivity contribution < 1.29 is 9.63 Å². The summed E-state index contributed by atoms with van der Waals surface area (Å²) >= 11 is 5.85. The normalized spacial score (nSPS) is 16.6. The third kappa shape index (κ3) is 3.43. The predicted molar refractivity (Wildman–Crippen MR) is 92.0 cm³/mol. The molecule has 0 bridgehead atoms. The van der Waals surface area contributed by atoms with E-state index in [1.54, 1.807) is 18.3 Å². The van der Waals surface area contributed by atoms with Gasteiger partial charge in [0.2, 0.25) is 6.10 Å². The summed E-state index contributed by atoms with van der Waals surface area (Å²) in [6.45, 7) is 5.25. The number of benzene rings is 1. The topological polar surface area (TPSA) is 68.5 Å². The Labute approximate surface area is 145 Å². The lowest BCUT2D eigenvalue weighted by Crippen LogP contribution is -2.34. The average Bonchev–Trinajstić information content (AvgIpc) is 3.20. The third-order valence-electron chi connectivity index (χ3n) is 4.05. The Morgan fingerprint density at radius 2 is 2.17 bits per heavy atom. The van der Waals surface area contributed by atoms with Crippen LogP contribution in [0.4, 0.5) is 0 Å². The summed E-state index contributed by atoms with van der Waals surface area (Å²) in [5, 5.41) is 11.9. The van der Waals surface area contributed by atoms with Crippen molar-refractivity contribution in [3.05, 3.63) is 52.3 Å². The molecule has 1 aliphatic heterocycles. The molecule has 24 heavy (non-hydrogen) atoms. The van der Waals surface area contributed by atoms with Gasteiger partial charge < -0.3 is 10.2 Å². The van der Waals surface area contributed by atoms with Gasteiger partial charge in [0.25, 0.3) is 5.91 Å². The molecule has 0 spiro atoms. The summed E-state index contributed by atoms with van der Waals surface area (Å²) in [6, 6.07) is 7.35. The van der Waals surface area contributed by atoms with Crippen molar-refractivity contribution in [1.29, 1.82) is 0 Å². The number of aryl methyl sites for hydroxylation is 1. The Bertz CT molecular complexity index is 767. The number of nitrogens with zero attached hydrogens (tertiary/aromatic N) is 3. The molecule has 2 aromatic rings. The molecule has 0 aliphatic carbocycles. The van der Waals surface area contributed by atoms with Gasteiger partial charge in [-0.2, -0.15) is 5.10 Å². The van der Waals surface area contributed by atoms with Gasteiger partial charge in [-0.3, -0.25) is 9.48 Å². The third-order valence-corrected chi connectivity index (χ3v) is 4.31. The second-order valence-corrected chi connectivity index (χ2v) is 6.08. The first-order valence-corrected chi connectivity index (χ1v) is 8.24. The minimum absolute atomic E-state index is 0.177. The molecule has 1 aliphatic rings. The van der Waals surface area contributed by atoms with Gasteiger partial charge in [0.05, 0.1) is 11.9 Å². The van der Waals surface area contributed by atoms with E-state index in [-0.39, 0.29) is 5.91 Å². The van der Waals surface area contributed by atoms with Crippen LogP contribution in [-0.2, 0) is 22.7 Å². The van der Waals surface area contributed by atoms with E-state index in [2.05, 4.69) is 15.6 Å². The lowest BCUT2D eigenvalue weighted by atomic mass is 10.1. The van der Waals surface area contributed by atoms with Gasteiger partial charge in [-0.1, -0.05) is 28.9 Å². The number of aromatic nitrogens is 2. The Morgan fingerprint density at radius 3 is 2.83 bits per heavy atom. The van der Waals surface area contributed by atoms with Crippen LogP contribution in [0.3, 0.4) is 0 Å². The van der Waals surface area contributed by atoms with Crippen LogP contribution in [0.25, 0.3) is 0 Å². The summed E-state index contributed by atoms with van der Waals surface area (Å²) in [7, 11) is 0. The molecule has 0 fully saturated rings. The van der Waals surface area contributed by atoms with Crippen LogP contribution in [-0.4, -0.2) is 27.5 Å². The van der Waals surface area contributed by atoms with E-state index in [4.69, 9.17) is 16.4 Å². The maximum absolute atomic E-state index is 12.3. The molecule has 0 saturated carbocycles. The molecule has 1 N–H and O–H groups in total. The van der Waals surface area contributed by atoms with E-state index in [1.165, 1.54) is 0 Å². The number of halogens is 1. The molecule has 1 atom stereocenters. The monoisotopic (exact) mass is 346 g/mol. The van der Waals surface area contributed by atoms with E-state index >= 15 is 0 Å². The van der Waals surface area contributed by atoms with Crippen molar-refractivity contribution in [1.82, 2.24) is 15.1 Å². The van der Waals surface area contributed by atoms with Crippen LogP contribution in [0.5, 0.6) is 0 Å². The molecule has 3 rings (SSSR count). The highest BCUT2D eigenvalue weighted by Crippen LogP contribution is 2.19. The Hall–Kier alpha value is -2.34. The summed E-state index contributed by atoms with van der Waals surface area (Å²) in [5.74, 6) is -0.177. The summed E-state index contributed by atoms with van der Waals surface area (Å²) in [5.41, 5.74) is 3.71. The maximum atomic E-state index is 12.3. The van der Waals surface area contributed by atoms with Gasteiger partial charge in [-0.15, -0.1) is 0 Å². The predicted octanol–water partition coefficient (Wildman–Crippen LogP) is 2.67. The molecular weight excluding hydrogens is 328 g/mol. The average molecular weight is 347 g/mol. The smallest absolute Gasteiger partial charge is 0.264 e. The van der Waals surface area contributed by atoms with Gasteiger partial charge in [-0.25, -0.2) is 0 Å². The quantitative estimate of drug-likeness (QED) is 0.905. The number of amides is 1. The highest BCUT2D eigenvalue weighted by atomic mass is 35.5. The number of carbonyl (C=O) groups excluding carboxylic acids is 1. The number of carbonyl (C=O) groups is 1. The largest absolute Gasteiger partial charge is 0.382 e. The summed E-state index contributed by atoms with van der Waals surface area (Å²) in [6.07, 6.45) is 1.62. The van der Waals surface area contributed by atoms with E-state index in [9.17, 15) is 4.79 Å². The fourth-order valence-electron chi connectivity index (χ4n) is 2.63. The number of oxime groups is 1. The van der Waals surface area contributed by atoms with Crippen LogP contribution < -0.4 is 5.32 Å². The summed E-state index contributed by atoms with van der Waals surface area (Å²) < 4.78 is 1.89. The van der Waals surface area contributed by atoms with Gasteiger partial charge in [0.1, 0.15) is 0 Å². The van der Waals surface area contributed by atoms with Gasteiger partial charge in [-0.05, 0) is 31.5 Å². The zero-order chi connectivity index (χ0) is 17.1. The van der Waals surface area contributed by atoms with E-state index in [1.807, 2.05) is 30.7 Å². The molecule has 1 amide bonds. The van der Waals surface area contributed by atoms with Crippen LogP contribution in [0.2, 0.25) is 5.02 Å². The molecule has 1 aromatic carbocycles. The highest BCUT2D eigenvalue weighted by molar-refractivity contribution is 6.30. The molecule has 126 valence electrons. The minimum atomic E-state index is -0.600. The van der Waals surface area contributed by atoms with Crippen molar-refractivity contribution in [3.8, 4) is 0 Å². The Balaban J connectivity index is 1.57. The number of hydrogen-bond acceptors (Lipinski definition) is 4. The molecule has 0 saturated heterocycles. The molecule has 1 aromatic heterocycles. The number of rotatable bonds is 5. The van der Waals surface area contributed by atoms with Crippen LogP contribution in [0.1, 0.15) is 30.2 Å². The second kappa shape index (κ2) is 7.05. The summed E-state index contributed by atoms with van der Waals surface area (Å²) in [4.78, 5) is 17.6. The first-order chi connectivity index (χ1) is 11.6. The van der Waals surface area contributed by atoms with E-state index in [0.29, 0.717) is 18.0 Å². The lowest BCUT2D eigenvalue weighted by Gasteiger charge is -2.09. The zero-order valence-corrected chi connectivity index (χ0v) is 14.4. The van der Waals surface area contributed by atoms with Crippen LogP contribution >= 0.6 is 11.6 Å². The SMILES string of the molecule is CCn1ncc(C2=NO[C@@H](C(=O)NCc3ccc(Cl)cc3)C2)c1C. The number of nitrogens with one attached hydrogen (secondary N) is 1. The van der Waals surface area contributed by atoms with Crippen molar-refractivity contribution in [2.75, 3.05) is 0 Å². The van der Waals surface area contributed by atoms with E-state index in [0.717, 1.165) is 29.1 Å². The first kappa shape index (κ1) is 16.5. The maximum Gasteiger partial charge on any atom is 0.264 e. The van der Waals surface area contributed by atoms with Gasteiger partial charge in [0.15, 0.2) is 0 Å². The molecule has 0 unspecified atom stereocenters. The fraction of sp³-hybridized carbons (Fsp3) is 0.353. The molecule has 2 heterocycles. The zero-order valence-electron chi connectivity index (χ0n) is 13.6. The lowest BCUT2D eigenvalue weighted by molar-refractivity contribution is -0.131. The van der Waals surface area contributed by atoms with E-state index < -0.39 is 6.10 Å². The van der Waals surface area contributed by atoms with Crippen molar-refractivity contribution in [3.63, 3.8) is 0 Å². The van der Waals surface area contributed by atoms with Crippen LogP contribution in [0, 0.1) is 6.92 Å². The van der Waals surface area contributed by atoms with Crippen molar-refractivity contribution in [2.24, 2.45) is 5.16 Å². The standard InChI is InChI=1S/C17H19ClN4O2/c1-3-22-11(2)14(10-20-22)15-8-16(24-21-15)17(23)19-9-12-4-6-13(18)7-5-12/h4-7,10,16H,3,8-9H2,1-2H3,(H,19,23)/t16-/m1/s1. The second-order valence-electron chi connectivity index (χ2n) is 5.64. The molecule has 0 radical (unpaired) electrons. The van der Waals surface area contributed by atoms with Crippen molar-refractivity contribution in [2.45, 2.75) is 39.5 Å². The van der Waals surface area contributed by atoms with Crippen molar-refractivity contribution >= 4 is 23.2 Å². The Kier molecular flexibility index (Phi) is 4.85. The Morgan fingerprint density at radius 1 is 1.42 bits per heavy atom. The van der Waals surface area contributed by atoms with Crippen LogP contribution in [0.15, 0.2) is 35.6 Å².